The van der Waals surface area contributed by atoms with Gasteiger partial charge in [-0.1, -0.05) is 26.0 Å². The normalized spacial score (nSPS) is 12.5. The smallest absolute Gasteiger partial charge is 0.231 e. The SMILES string of the molecule is CC(C)C(C)[n+]1cc(Nc2ncccn2)nc2ccccc21. The predicted molar refractivity (Wildman–Crippen MR) is 86.8 cm³/mol. The van der Waals surface area contributed by atoms with Crippen LogP contribution in [0.25, 0.3) is 11.0 Å². The van der Waals surface area contributed by atoms with Gasteiger partial charge in [0, 0.05) is 24.4 Å². The molecule has 0 aliphatic rings. The molecule has 0 aliphatic carbocycles. The maximum atomic E-state index is 4.66. The Labute approximate surface area is 130 Å². The van der Waals surface area contributed by atoms with Crippen LogP contribution in [0.4, 0.5) is 11.8 Å². The molecule has 5 heteroatoms. The molecule has 2 aromatic heterocycles. The Morgan fingerprint density at radius 2 is 1.73 bits per heavy atom. The van der Waals surface area contributed by atoms with E-state index in [0.717, 1.165) is 16.9 Å². The number of hydrogen-bond acceptors (Lipinski definition) is 4. The van der Waals surface area contributed by atoms with Crippen molar-refractivity contribution in [1.29, 1.82) is 0 Å². The molecule has 1 unspecified atom stereocenters. The van der Waals surface area contributed by atoms with Gasteiger partial charge in [0.25, 0.3) is 0 Å². The lowest BCUT2D eigenvalue weighted by atomic mass is 10.1. The Kier molecular flexibility index (Phi) is 3.96. The number of nitrogens with zero attached hydrogens (tertiary/aromatic N) is 4. The summed E-state index contributed by atoms with van der Waals surface area (Å²) in [7, 11) is 0. The number of anilines is 2. The second-order valence-corrected chi connectivity index (χ2v) is 5.70. The highest BCUT2D eigenvalue weighted by molar-refractivity contribution is 5.72. The zero-order valence-electron chi connectivity index (χ0n) is 13.1. The summed E-state index contributed by atoms with van der Waals surface area (Å²) < 4.78 is 2.26. The summed E-state index contributed by atoms with van der Waals surface area (Å²) in [6, 6.07) is 10.3. The van der Waals surface area contributed by atoms with Crippen molar-refractivity contribution in [3.05, 3.63) is 48.9 Å². The molecule has 0 fully saturated rings. The Morgan fingerprint density at radius 1 is 1.00 bits per heavy atom. The third-order valence-corrected chi connectivity index (χ3v) is 3.87. The largest absolute Gasteiger partial charge is 0.304 e. The minimum absolute atomic E-state index is 0.366. The Morgan fingerprint density at radius 3 is 2.45 bits per heavy atom. The van der Waals surface area contributed by atoms with E-state index in [0.29, 0.717) is 17.9 Å². The Hall–Kier alpha value is -2.56. The van der Waals surface area contributed by atoms with Gasteiger partial charge < -0.3 is 5.32 Å². The van der Waals surface area contributed by atoms with Gasteiger partial charge >= 0.3 is 0 Å². The number of rotatable bonds is 4. The number of nitrogens with one attached hydrogen (secondary N) is 1. The molecule has 1 N–H and O–H groups in total. The van der Waals surface area contributed by atoms with Crippen molar-refractivity contribution >= 4 is 22.8 Å². The lowest BCUT2D eigenvalue weighted by Crippen LogP contribution is -2.41. The second-order valence-electron chi connectivity index (χ2n) is 5.70. The summed E-state index contributed by atoms with van der Waals surface area (Å²) in [5.41, 5.74) is 2.08. The average Bonchev–Trinajstić information content (AvgIpc) is 2.54. The monoisotopic (exact) mass is 294 g/mol. The van der Waals surface area contributed by atoms with Gasteiger partial charge in [-0.25, -0.2) is 15.0 Å². The molecule has 0 bridgehead atoms. The molecule has 0 aliphatic heterocycles. The van der Waals surface area contributed by atoms with E-state index in [1.165, 1.54) is 0 Å². The first-order valence-corrected chi connectivity index (χ1v) is 7.50. The van der Waals surface area contributed by atoms with Crippen LogP contribution in [0.5, 0.6) is 0 Å². The number of fused-ring (bicyclic) bond motifs is 1. The van der Waals surface area contributed by atoms with Gasteiger partial charge in [-0.2, -0.15) is 4.57 Å². The van der Waals surface area contributed by atoms with Crippen LogP contribution in [-0.2, 0) is 0 Å². The number of benzene rings is 1. The first-order chi connectivity index (χ1) is 10.6. The van der Waals surface area contributed by atoms with Crippen LogP contribution in [0.1, 0.15) is 26.8 Å². The molecule has 3 rings (SSSR count). The molecular formula is C17H20N5+. The van der Waals surface area contributed by atoms with E-state index in [9.17, 15) is 0 Å². The van der Waals surface area contributed by atoms with Crippen molar-refractivity contribution in [3.8, 4) is 0 Å². The fraction of sp³-hybridized carbons (Fsp3) is 0.294. The maximum absolute atomic E-state index is 4.66. The summed E-state index contributed by atoms with van der Waals surface area (Å²) >= 11 is 0. The lowest BCUT2D eigenvalue weighted by Gasteiger charge is -2.13. The van der Waals surface area contributed by atoms with Gasteiger partial charge in [-0.05, 0) is 19.1 Å². The van der Waals surface area contributed by atoms with Crippen molar-refractivity contribution in [2.45, 2.75) is 26.8 Å². The van der Waals surface area contributed by atoms with Crippen molar-refractivity contribution in [2.24, 2.45) is 5.92 Å². The van der Waals surface area contributed by atoms with Crippen molar-refractivity contribution < 1.29 is 4.57 Å². The van der Waals surface area contributed by atoms with E-state index in [2.05, 4.69) is 51.7 Å². The molecule has 0 saturated carbocycles. The number of hydrogen-bond donors (Lipinski definition) is 1. The summed E-state index contributed by atoms with van der Waals surface area (Å²) in [5.74, 6) is 1.82. The minimum Gasteiger partial charge on any atom is -0.304 e. The first-order valence-electron chi connectivity index (χ1n) is 7.50. The minimum atomic E-state index is 0.366. The Balaban J connectivity index is 2.08. The van der Waals surface area contributed by atoms with Gasteiger partial charge in [0.2, 0.25) is 17.7 Å². The second kappa shape index (κ2) is 6.05. The fourth-order valence-corrected chi connectivity index (χ4v) is 2.33. The molecular weight excluding hydrogens is 274 g/mol. The van der Waals surface area contributed by atoms with Gasteiger partial charge in [-0.3, -0.25) is 0 Å². The zero-order valence-corrected chi connectivity index (χ0v) is 13.1. The van der Waals surface area contributed by atoms with E-state index in [1.54, 1.807) is 18.5 Å². The van der Waals surface area contributed by atoms with Crippen molar-refractivity contribution in [3.63, 3.8) is 0 Å². The van der Waals surface area contributed by atoms with Crippen LogP contribution in [0.2, 0.25) is 0 Å². The maximum Gasteiger partial charge on any atom is 0.231 e. The van der Waals surface area contributed by atoms with Crippen LogP contribution in [0, 0.1) is 5.92 Å². The number of aromatic nitrogens is 4. The van der Waals surface area contributed by atoms with Gasteiger partial charge in [0.05, 0.1) is 0 Å². The van der Waals surface area contributed by atoms with E-state index in [-0.39, 0.29) is 0 Å². The molecule has 22 heavy (non-hydrogen) atoms. The van der Waals surface area contributed by atoms with E-state index < -0.39 is 0 Å². The van der Waals surface area contributed by atoms with Crippen LogP contribution in [-0.4, -0.2) is 15.0 Å². The molecule has 1 atom stereocenters. The molecule has 5 nitrogen and oxygen atoms in total. The lowest BCUT2D eigenvalue weighted by molar-refractivity contribution is -0.701. The van der Waals surface area contributed by atoms with Crippen LogP contribution < -0.4 is 9.88 Å². The van der Waals surface area contributed by atoms with Crippen LogP contribution in [0.15, 0.2) is 48.9 Å². The van der Waals surface area contributed by atoms with Crippen molar-refractivity contribution in [2.75, 3.05) is 5.32 Å². The predicted octanol–water partition coefficient (Wildman–Crippen LogP) is 3.27. The summed E-state index contributed by atoms with van der Waals surface area (Å²) in [5, 5.41) is 3.18. The Bertz CT molecular complexity index is 770. The molecule has 0 saturated heterocycles. The molecule has 3 aromatic rings. The molecule has 1 aromatic carbocycles. The average molecular weight is 294 g/mol. The first kappa shape index (κ1) is 14.4. The van der Waals surface area contributed by atoms with E-state index in [1.807, 2.05) is 24.4 Å². The third-order valence-electron chi connectivity index (χ3n) is 3.87. The highest BCUT2D eigenvalue weighted by Crippen LogP contribution is 2.18. The molecule has 0 amide bonds. The van der Waals surface area contributed by atoms with E-state index >= 15 is 0 Å². The highest BCUT2D eigenvalue weighted by Gasteiger charge is 2.22. The topological polar surface area (TPSA) is 54.6 Å². The van der Waals surface area contributed by atoms with Crippen LogP contribution in [0.3, 0.4) is 0 Å². The zero-order chi connectivity index (χ0) is 15.5. The van der Waals surface area contributed by atoms with Gasteiger partial charge in [0.15, 0.2) is 11.9 Å². The molecule has 0 spiro atoms. The molecule has 112 valence electrons. The summed E-state index contributed by atoms with van der Waals surface area (Å²) in [6.45, 7) is 6.67. The highest BCUT2D eigenvalue weighted by atomic mass is 15.2. The number of para-hydroxylation sites is 2. The van der Waals surface area contributed by atoms with Gasteiger partial charge in [-0.15, -0.1) is 0 Å². The molecule has 2 heterocycles. The fourth-order valence-electron chi connectivity index (χ4n) is 2.33. The van der Waals surface area contributed by atoms with E-state index in [4.69, 9.17) is 0 Å². The standard InChI is InChI=1S/C17H20N5/c1-12(2)13(3)22-11-16(21-17-18-9-6-10-19-17)20-14-7-4-5-8-15(14)22/h4-13H,1-3H3,(H,18,19,20,21)/q+1. The summed E-state index contributed by atoms with van der Waals surface area (Å²) in [6.07, 6.45) is 5.45. The van der Waals surface area contributed by atoms with Crippen LogP contribution >= 0.6 is 0 Å². The quantitative estimate of drug-likeness (QED) is 0.750. The third kappa shape index (κ3) is 2.88. The van der Waals surface area contributed by atoms with Gasteiger partial charge in [0.1, 0.15) is 5.52 Å². The van der Waals surface area contributed by atoms with Crippen molar-refractivity contribution in [1.82, 2.24) is 15.0 Å². The molecule has 0 radical (unpaired) electrons. The summed E-state index contributed by atoms with van der Waals surface area (Å²) in [4.78, 5) is 13.0.